The standard InChI is InChI=1S/C17H24N2O5S.ClH/c1-4-23-17(20)16-10-13-9-14(5-6-15(13)24-16)25(21,22)19-8-7-18-11(2)12(19)3;/h5-6,9,11-12,16,18H,4,7-8,10H2,1-3H3;1H. The highest BCUT2D eigenvalue weighted by Gasteiger charge is 2.36. The molecule has 9 heteroatoms. The number of benzene rings is 1. The first-order valence-electron chi connectivity index (χ1n) is 8.56. The molecule has 3 unspecified atom stereocenters. The summed E-state index contributed by atoms with van der Waals surface area (Å²) >= 11 is 0. The van der Waals surface area contributed by atoms with Crippen LogP contribution in [0.5, 0.6) is 5.75 Å². The van der Waals surface area contributed by atoms with Crippen molar-refractivity contribution in [3.63, 3.8) is 0 Å². The second-order valence-electron chi connectivity index (χ2n) is 6.43. The minimum Gasteiger partial charge on any atom is -0.478 e. The van der Waals surface area contributed by atoms with E-state index in [2.05, 4.69) is 5.32 Å². The van der Waals surface area contributed by atoms with Crippen LogP contribution >= 0.6 is 12.4 Å². The van der Waals surface area contributed by atoms with Crippen LogP contribution < -0.4 is 10.1 Å². The maximum Gasteiger partial charge on any atom is 0.347 e. The molecule has 0 spiro atoms. The van der Waals surface area contributed by atoms with Gasteiger partial charge in [-0.05, 0) is 44.5 Å². The molecule has 1 saturated heterocycles. The van der Waals surface area contributed by atoms with Crippen LogP contribution in [0, 0.1) is 0 Å². The number of nitrogens with zero attached hydrogens (tertiary/aromatic N) is 1. The maximum atomic E-state index is 13.0. The Balaban J connectivity index is 0.00000243. The van der Waals surface area contributed by atoms with Gasteiger partial charge in [-0.15, -0.1) is 12.4 Å². The first-order valence-corrected chi connectivity index (χ1v) is 10.00. The van der Waals surface area contributed by atoms with Gasteiger partial charge in [-0.1, -0.05) is 0 Å². The monoisotopic (exact) mass is 404 g/mol. The average Bonchev–Trinajstić information content (AvgIpc) is 3.00. The third-order valence-electron chi connectivity index (χ3n) is 4.84. The summed E-state index contributed by atoms with van der Waals surface area (Å²) in [7, 11) is -3.59. The minimum atomic E-state index is -3.59. The van der Waals surface area contributed by atoms with Gasteiger partial charge < -0.3 is 14.8 Å². The van der Waals surface area contributed by atoms with Gasteiger partial charge in [0.1, 0.15) is 5.75 Å². The van der Waals surface area contributed by atoms with Gasteiger partial charge >= 0.3 is 5.97 Å². The van der Waals surface area contributed by atoms with Gasteiger partial charge in [0.2, 0.25) is 10.0 Å². The van der Waals surface area contributed by atoms with E-state index in [1.165, 1.54) is 4.31 Å². The molecule has 0 amide bonds. The molecule has 2 aliphatic rings. The lowest BCUT2D eigenvalue weighted by molar-refractivity contribution is -0.150. The molecule has 2 aliphatic heterocycles. The molecular formula is C17H25ClN2O5S. The van der Waals surface area contributed by atoms with Crippen molar-refractivity contribution < 1.29 is 22.7 Å². The number of carbonyl (C=O) groups is 1. The fourth-order valence-electron chi connectivity index (χ4n) is 3.25. The van der Waals surface area contributed by atoms with Crippen LogP contribution in [0.25, 0.3) is 0 Å². The summed E-state index contributed by atoms with van der Waals surface area (Å²) in [4.78, 5) is 12.1. The number of rotatable bonds is 4. The van der Waals surface area contributed by atoms with Gasteiger partial charge in [0, 0.05) is 31.6 Å². The highest BCUT2D eigenvalue weighted by molar-refractivity contribution is 7.89. The van der Waals surface area contributed by atoms with Crippen LogP contribution in [0.3, 0.4) is 0 Å². The molecule has 0 radical (unpaired) electrons. The van der Waals surface area contributed by atoms with E-state index in [1.54, 1.807) is 25.1 Å². The SMILES string of the molecule is CCOC(=O)C1Cc2cc(S(=O)(=O)N3CCNC(C)C3C)ccc2O1.Cl. The molecule has 26 heavy (non-hydrogen) atoms. The van der Waals surface area contributed by atoms with Crippen molar-refractivity contribution in [1.29, 1.82) is 0 Å². The summed E-state index contributed by atoms with van der Waals surface area (Å²) in [6.07, 6.45) is -0.378. The van der Waals surface area contributed by atoms with E-state index in [9.17, 15) is 13.2 Å². The van der Waals surface area contributed by atoms with Crippen molar-refractivity contribution in [3.8, 4) is 5.75 Å². The predicted molar refractivity (Wildman–Crippen MR) is 99.3 cm³/mol. The molecule has 2 heterocycles. The zero-order valence-corrected chi connectivity index (χ0v) is 16.7. The van der Waals surface area contributed by atoms with E-state index < -0.39 is 22.1 Å². The summed E-state index contributed by atoms with van der Waals surface area (Å²) in [5, 5.41) is 3.28. The number of esters is 1. The van der Waals surface area contributed by atoms with Crippen LogP contribution in [-0.4, -0.2) is 56.6 Å². The second kappa shape index (κ2) is 8.12. The Labute approximate surface area is 160 Å². The molecule has 146 valence electrons. The largest absolute Gasteiger partial charge is 0.478 e. The van der Waals surface area contributed by atoms with E-state index in [4.69, 9.17) is 9.47 Å². The average molecular weight is 405 g/mol. The van der Waals surface area contributed by atoms with Gasteiger partial charge in [0.15, 0.2) is 6.10 Å². The number of sulfonamides is 1. The first-order chi connectivity index (χ1) is 11.8. The number of carbonyl (C=O) groups excluding carboxylic acids is 1. The van der Waals surface area contributed by atoms with E-state index in [0.29, 0.717) is 25.3 Å². The van der Waals surface area contributed by atoms with Crippen molar-refractivity contribution in [2.45, 2.75) is 50.3 Å². The Morgan fingerprint density at radius 3 is 2.81 bits per heavy atom. The Bertz CT molecular complexity index is 770. The Morgan fingerprint density at radius 2 is 2.12 bits per heavy atom. The molecule has 1 aromatic rings. The molecule has 0 aliphatic carbocycles. The topological polar surface area (TPSA) is 84.9 Å². The lowest BCUT2D eigenvalue weighted by atomic mass is 10.1. The number of hydrogen-bond acceptors (Lipinski definition) is 6. The maximum absolute atomic E-state index is 13.0. The zero-order valence-electron chi connectivity index (χ0n) is 15.1. The fraction of sp³-hybridized carbons (Fsp3) is 0.588. The van der Waals surface area contributed by atoms with Gasteiger partial charge in [0.25, 0.3) is 0 Å². The predicted octanol–water partition coefficient (Wildman–Crippen LogP) is 1.35. The lowest BCUT2D eigenvalue weighted by Gasteiger charge is -2.37. The molecule has 0 aromatic heterocycles. The van der Waals surface area contributed by atoms with Crippen molar-refractivity contribution in [3.05, 3.63) is 23.8 Å². The van der Waals surface area contributed by atoms with Crippen molar-refractivity contribution in [2.24, 2.45) is 0 Å². The van der Waals surface area contributed by atoms with Crippen LogP contribution in [0.2, 0.25) is 0 Å². The van der Waals surface area contributed by atoms with E-state index in [1.807, 2.05) is 13.8 Å². The van der Waals surface area contributed by atoms with E-state index in [-0.39, 0.29) is 36.0 Å². The van der Waals surface area contributed by atoms with Crippen molar-refractivity contribution in [1.82, 2.24) is 9.62 Å². The van der Waals surface area contributed by atoms with Crippen LogP contribution in [0.15, 0.2) is 23.1 Å². The molecule has 1 N–H and O–H groups in total. The van der Waals surface area contributed by atoms with Gasteiger partial charge in [-0.25, -0.2) is 13.2 Å². The number of fused-ring (bicyclic) bond motifs is 1. The van der Waals surface area contributed by atoms with Crippen molar-refractivity contribution >= 4 is 28.4 Å². The third-order valence-corrected chi connectivity index (χ3v) is 6.82. The van der Waals surface area contributed by atoms with Crippen LogP contribution in [0.1, 0.15) is 26.3 Å². The lowest BCUT2D eigenvalue weighted by Crippen LogP contribution is -2.57. The van der Waals surface area contributed by atoms with Gasteiger partial charge in [0.05, 0.1) is 11.5 Å². The van der Waals surface area contributed by atoms with Crippen LogP contribution in [-0.2, 0) is 26.0 Å². The van der Waals surface area contributed by atoms with E-state index in [0.717, 1.165) is 5.56 Å². The van der Waals surface area contributed by atoms with Crippen molar-refractivity contribution in [2.75, 3.05) is 19.7 Å². The Morgan fingerprint density at radius 1 is 1.38 bits per heavy atom. The molecule has 7 nitrogen and oxygen atoms in total. The summed E-state index contributed by atoms with van der Waals surface area (Å²) in [5.41, 5.74) is 0.718. The molecule has 1 fully saturated rings. The Hall–Kier alpha value is -1.35. The van der Waals surface area contributed by atoms with Crippen LogP contribution in [0.4, 0.5) is 0 Å². The molecule has 0 bridgehead atoms. The fourth-order valence-corrected chi connectivity index (χ4v) is 5.01. The summed E-state index contributed by atoms with van der Waals surface area (Å²) in [6.45, 7) is 6.97. The molecule has 0 saturated carbocycles. The summed E-state index contributed by atoms with van der Waals surface area (Å²) in [6, 6.07) is 4.74. The smallest absolute Gasteiger partial charge is 0.347 e. The first kappa shape index (κ1) is 21.0. The van der Waals surface area contributed by atoms with Gasteiger partial charge in [-0.3, -0.25) is 0 Å². The van der Waals surface area contributed by atoms with Gasteiger partial charge in [-0.2, -0.15) is 4.31 Å². The number of hydrogen-bond donors (Lipinski definition) is 1. The second-order valence-corrected chi connectivity index (χ2v) is 8.32. The quantitative estimate of drug-likeness (QED) is 0.762. The normalized spacial score (nSPS) is 25.7. The van der Waals surface area contributed by atoms with E-state index >= 15 is 0 Å². The highest BCUT2D eigenvalue weighted by Crippen LogP contribution is 2.33. The molecule has 3 atom stereocenters. The number of piperazine rings is 1. The molecular weight excluding hydrogens is 380 g/mol. The molecule has 3 rings (SSSR count). The minimum absolute atomic E-state index is 0. The highest BCUT2D eigenvalue weighted by atomic mass is 35.5. The number of halogens is 1. The molecule has 1 aromatic carbocycles. The Kier molecular flexibility index (Phi) is 6.55. The summed E-state index contributed by atoms with van der Waals surface area (Å²) < 4.78 is 38.1. The zero-order chi connectivity index (χ0) is 18.2. The summed E-state index contributed by atoms with van der Waals surface area (Å²) in [5.74, 6) is 0.117. The third kappa shape index (κ3) is 3.83. The number of nitrogens with one attached hydrogen (secondary N) is 1. The number of ether oxygens (including phenoxy) is 2.